The van der Waals surface area contributed by atoms with Crippen LogP contribution in [0.5, 0.6) is 0 Å². The van der Waals surface area contributed by atoms with Crippen LogP contribution in [0.25, 0.3) is 10.9 Å². The number of carbonyl (C=O) groups excluding carboxylic acids is 1. The highest BCUT2D eigenvalue weighted by molar-refractivity contribution is 7.93. The van der Waals surface area contributed by atoms with Gasteiger partial charge in [-0.05, 0) is 55.0 Å². The molecule has 1 atom stereocenters. The van der Waals surface area contributed by atoms with Crippen molar-refractivity contribution in [1.29, 1.82) is 0 Å². The van der Waals surface area contributed by atoms with E-state index in [2.05, 4.69) is 14.6 Å². The molecule has 9 nitrogen and oxygen atoms in total. The molecule has 0 spiro atoms. The zero-order chi connectivity index (χ0) is 26.0. The van der Waals surface area contributed by atoms with E-state index in [0.717, 1.165) is 5.39 Å². The number of pyridine rings is 1. The molecule has 37 heavy (non-hydrogen) atoms. The minimum absolute atomic E-state index is 0.0888. The first-order valence-corrected chi connectivity index (χ1v) is 13.5. The minimum Gasteiger partial charge on any atom is -0.508 e. The van der Waals surface area contributed by atoms with E-state index in [1.807, 2.05) is 0 Å². The Morgan fingerprint density at radius 2 is 1.76 bits per heavy atom. The smallest absolute Gasteiger partial charge is 0.264 e. The molecule has 1 amide bonds. The van der Waals surface area contributed by atoms with Crippen LogP contribution < -0.4 is 4.72 Å². The van der Waals surface area contributed by atoms with Crippen LogP contribution in [0.1, 0.15) is 16.8 Å². The van der Waals surface area contributed by atoms with Crippen LogP contribution in [0.2, 0.25) is 0 Å². The Labute approximate surface area is 215 Å². The number of aliphatic hydroxyl groups excluding tert-OH is 2. The number of fused-ring (bicyclic) bond motifs is 1. The zero-order valence-corrected chi connectivity index (χ0v) is 20.9. The van der Waals surface area contributed by atoms with Crippen molar-refractivity contribution in [3.05, 3.63) is 89.8 Å². The first-order valence-electron chi connectivity index (χ1n) is 12.1. The van der Waals surface area contributed by atoms with Gasteiger partial charge in [0.2, 0.25) is 0 Å². The quantitative estimate of drug-likeness (QED) is 0.457. The van der Waals surface area contributed by atoms with Gasteiger partial charge in [0, 0.05) is 61.1 Å². The highest BCUT2D eigenvalue weighted by atomic mass is 32.2. The van der Waals surface area contributed by atoms with Gasteiger partial charge >= 0.3 is 0 Å². The molecule has 10 heteroatoms. The van der Waals surface area contributed by atoms with E-state index in [9.17, 15) is 23.4 Å². The number of carbonyl (C=O) groups is 1. The Bertz CT molecular complexity index is 1470. The fourth-order valence-electron chi connectivity index (χ4n) is 4.60. The molecule has 5 rings (SSSR count). The summed E-state index contributed by atoms with van der Waals surface area (Å²) in [6.07, 6.45) is 4.70. The van der Waals surface area contributed by atoms with Crippen molar-refractivity contribution >= 4 is 32.5 Å². The summed E-state index contributed by atoms with van der Waals surface area (Å²) in [4.78, 5) is 21.2. The molecule has 3 N–H and O–H groups in total. The summed E-state index contributed by atoms with van der Waals surface area (Å²) in [5.41, 5.74) is 1.92. The Hall–Kier alpha value is -3.73. The molecule has 192 valence electrons. The predicted molar refractivity (Wildman–Crippen MR) is 141 cm³/mol. The van der Waals surface area contributed by atoms with E-state index < -0.39 is 16.1 Å². The van der Waals surface area contributed by atoms with E-state index in [-0.39, 0.29) is 16.6 Å². The van der Waals surface area contributed by atoms with E-state index in [4.69, 9.17) is 0 Å². The molecule has 2 heterocycles. The van der Waals surface area contributed by atoms with Crippen molar-refractivity contribution in [3.8, 4) is 0 Å². The lowest BCUT2D eigenvalue weighted by Gasteiger charge is -2.35. The Morgan fingerprint density at radius 1 is 1.03 bits per heavy atom. The molecule has 1 aliphatic heterocycles. The van der Waals surface area contributed by atoms with E-state index in [0.29, 0.717) is 61.5 Å². The normalized spacial score (nSPS) is 18.8. The Kier molecular flexibility index (Phi) is 6.96. The number of benzene rings is 2. The molecule has 2 aromatic carbocycles. The molecule has 0 saturated carbocycles. The number of aromatic nitrogens is 1. The fraction of sp³-hybridized carbons (Fsp3) is 0.259. The Balaban J connectivity index is 1.20. The van der Waals surface area contributed by atoms with Gasteiger partial charge in [-0.3, -0.25) is 19.4 Å². The van der Waals surface area contributed by atoms with Gasteiger partial charge in [-0.2, -0.15) is 0 Å². The van der Waals surface area contributed by atoms with Crippen LogP contribution in [-0.2, 0) is 10.0 Å². The van der Waals surface area contributed by atoms with Gasteiger partial charge < -0.3 is 15.1 Å². The van der Waals surface area contributed by atoms with Gasteiger partial charge in [0.15, 0.2) is 0 Å². The molecule has 1 aromatic heterocycles. The average molecular weight is 521 g/mol. The summed E-state index contributed by atoms with van der Waals surface area (Å²) in [5, 5.41) is 20.6. The standard InChI is InChI=1S/C27H28N4O5S/c32-23-10-11-24(33)21(17-23)18-30-13-15-31(16-14-30)27(34)20-6-8-22(9-7-20)29-37(35,36)25-5-1-3-19-4-2-12-28-26(19)25/h1-9,11-12,17,23,29,32-33H,10,13-16,18H2. The fourth-order valence-corrected chi connectivity index (χ4v) is 5.84. The lowest BCUT2D eigenvalue weighted by Crippen LogP contribution is -2.49. The van der Waals surface area contributed by atoms with Crippen molar-refractivity contribution in [2.45, 2.75) is 17.4 Å². The highest BCUT2D eigenvalue weighted by Crippen LogP contribution is 2.24. The van der Waals surface area contributed by atoms with E-state index in [1.54, 1.807) is 71.8 Å². The van der Waals surface area contributed by atoms with Gasteiger partial charge in [0.05, 0.1) is 11.6 Å². The van der Waals surface area contributed by atoms with Crippen molar-refractivity contribution < 1.29 is 23.4 Å². The lowest BCUT2D eigenvalue weighted by molar-refractivity contribution is 0.0646. The number of anilines is 1. The second kappa shape index (κ2) is 10.3. The summed E-state index contributed by atoms with van der Waals surface area (Å²) >= 11 is 0. The first kappa shape index (κ1) is 24.9. The maximum absolute atomic E-state index is 13.0. The van der Waals surface area contributed by atoms with Crippen LogP contribution in [0.15, 0.2) is 89.2 Å². The highest BCUT2D eigenvalue weighted by Gasteiger charge is 2.24. The van der Waals surface area contributed by atoms with Crippen LogP contribution in [-0.4, -0.2) is 78.1 Å². The number of hydrogen-bond acceptors (Lipinski definition) is 7. The van der Waals surface area contributed by atoms with Crippen molar-refractivity contribution in [2.75, 3.05) is 37.4 Å². The van der Waals surface area contributed by atoms with E-state index >= 15 is 0 Å². The maximum Gasteiger partial charge on any atom is 0.264 e. The van der Waals surface area contributed by atoms with Crippen LogP contribution in [0.3, 0.4) is 0 Å². The van der Waals surface area contributed by atoms with Crippen LogP contribution >= 0.6 is 0 Å². The molecule has 2 aliphatic rings. The lowest BCUT2D eigenvalue weighted by atomic mass is 10.0. The summed E-state index contributed by atoms with van der Waals surface area (Å²) in [6.45, 7) is 2.86. The van der Waals surface area contributed by atoms with Gasteiger partial charge in [-0.1, -0.05) is 18.2 Å². The number of rotatable bonds is 6. The third-order valence-corrected chi connectivity index (χ3v) is 8.01. The van der Waals surface area contributed by atoms with Crippen LogP contribution in [0.4, 0.5) is 5.69 Å². The number of sulfonamides is 1. The monoisotopic (exact) mass is 520 g/mol. The molecule has 0 radical (unpaired) electrons. The number of amides is 1. The molecule has 3 aromatic rings. The molecule has 0 bridgehead atoms. The van der Waals surface area contributed by atoms with Gasteiger partial charge in [-0.15, -0.1) is 0 Å². The Morgan fingerprint density at radius 3 is 2.51 bits per heavy atom. The topological polar surface area (TPSA) is 123 Å². The van der Waals surface area contributed by atoms with Gasteiger partial charge in [-0.25, -0.2) is 8.42 Å². The summed E-state index contributed by atoms with van der Waals surface area (Å²) in [5.74, 6) is 0.0820. The second-order valence-corrected chi connectivity index (χ2v) is 10.8. The SMILES string of the molecule is O=C(c1ccc(NS(=O)(=O)c2cccc3cccnc23)cc1)N1CCN(CC2=CC(O)CC=C2O)CC1. The largest absolute Gasteiger partial charge is 0.508 e. The maximum atomic E-state index is 13.0. The van der Waals surface area contributed by atoms with E-state index in [1.165, 1.54) is 6.07 Å². The summed E-state index contributed by atoms with van der Waals surface area (Å²) < 4.78 is 28.6. The second-order valence-electron chi connectivity index (χ2n) is 9.17. The van der Waals surface area contributed by atoms with Crippen molar-refractivity contribution in [2.24, 2.45) is 0 Å². The van der Waals surface area contributed by atoms with Crippen molar-refractivity contribution in [1.82, 2.24) is 14.8 Å². The number of nitrogens with one attached hydrogen (secondary N) is 1. The van der Waals surface area contributed by atoms with Crippen molar-refractivity contribution in [3.63, 3.8) is 0 Å². The third kappa shape index (κ3) is 5.51. The number of piperazine rings is 1. The number of para-hydroxylation sites is 1. The average Bonchev–Trinajstić information content (AvgIpc) is 2.91. The van der Waals surface area contributed by atoms with Gasteiger partial charge in [0.25, 0.3) is 15.9 Å². The number of nitrogens with zero attached hydrogens (tertiary/aromatic N) is 3. The zero-order valence-electron chi connectivity index (χ0n) is 20.1. The minimum atomic E-state index is -3.87. The first-order chi connectivity index (χ1) is 17.8. The van der Waals surface area contributed by atoms with Gasteiger partial charge in [0.1, 0.15) is 10.7 Å². The third-order valence-electron chi connectivity index (χ3n) is 6.60. The van der Waals surface area contributed by atoms with Crippen LogP contribution in [0, 0.1) is 0 Å². The molecule has 1 unspecified atom stereocenters. The predicted octanol–water partition coefficient (Wildman–Crippen LogP) is 2.93. The molecular weight excluding hydrogens is 492 g/mol. The number of aliphatic hydroxyl groups is 2. The molecular formula is C27H28N4O5S. The number of hydrogen-bond donors (Lipinski definition) is 3. The summed E-state index contributed by atoms with van der Waals surface area (Å²) in [7, 11) is -3.87. The summed E-state index contributed by atoms with van der Waals surface area (Å²) in [6, 6.07) is 14.9. The molecule has 1 fully saturated rings. The molecule has 1 saturated heterocycles. The molecule has 1 aliphatic carbocycles.